The zero-order chi connectivity index (χ0) is 27.8. The maximum atomic E-state index is 12.6. The minimum absolute atomic E-state index is 0.0655. The molecule has 1 heterocycles. The van der Waals surface area contributed by atoms with Gasteiger partial charge in [-0.15, -0.1) is 0 Å². The van der Waals surface area contributed by atoms with Crippen LogP contribution in [0.15, 0.2) is 11.6 Å². The first-order valence-corrected chi connectivity index (χ1v) is 15.4. The summed E-state index contributed by atoms with van der Waals surface area (Å²) in [7, 11) is 1.49. The van der Waals surface area contributed by atoms with E-state index in [1.807, 2.05) is 4.90 Å². The summed E-state index contributed by atoms with van der Waals surface area (Å²) in [5.41, 5.74) is 8.24. The Labute approximate surface area is 233 Å². The fourth-order valence-electron chi connectivity index (χ4n) is 9.30. The van der Waals surface area contributed by atoms with Gasteiger partial charge in [-0.1, -0.05) is 25.8 Å². The summed E-state index contributed by atoms with van der Waals surface area (Å²) in [5, 5.41) is 2.90. The van der Waals surface area contributed by atoms with Crippen molar-refractivity contribution in [1.82, 2.24) is 10.2 Å². The Morgan fingerprint density at radius 3 is 2.67 bits per heavy atom. The van der Waals surface area contributed by atoms with Gasteiger partial charge in [0.15, 0.2) is 0 Å². The molecule has 8 heteroatoms. The molecule has 7 atom stereocenters. The van der Waals surface area contributed by atoms with Gasteiger partial charge in [0.25, 0.3) is 0 Å². The third-order valence-corrected chi connectivity index (χ3v) is 11.7. The normalized spacial score (nSPS) is 39.9. The van der Waals surface area contributed by atoms with Gasteiger partial charge in [0.2, 0.25) is 5.91 Å². The van der Waals surface area contributed by atoms with Gasteiger partial charge in [-0.2, -0.15) is 0 Å². The molecule has 0 aromatic carbocycles. The number of fused-ring (bicyclic) bond motifs is 5. The molecule has 0 spiro atoms. The van der Waals surface area contributed by atoms with Crippen LogP contribution in [0.2, 0.25) is 0 Å². The highest BCUT2D eigenvalue weighted by Gasteiger charge is 2.66. The Hall–Kier alpha value is -2.09. The highest BCUT2D eigenvalue weighted by atomic mass is 16.6. The smallest absolute Gasteiger partial charge is 0.407 e. The van der Waals surface area contributed by atoms with Gasteiger partial charge < -0.3 is 25.4 Å². The van der Waals surface area contributed by atoms with Crippen molar-refractivity contribution in [3.8, 4) is 0 Å². The predicted molar refractivity (Wildman–Crippen MR) is 149 cm³/mol. The number of hydrogen-bond acceptors (Lipinski definition) is 6. The van der Waals surface area contributed by atoms with E-state index >= 15 is 0 Å². The molecular weight excluding hydrogens is 494 g/mol. The number of amides is 2. The summed E-state index contributed by atoms with van der Waals surface area (Å²) in [4.78, 5) is 39.3. The minimum atomic E-state index is -0.370. The second-order valence-electron chi connectivity index (χ2n) is 13.4. The zero-order valence-corrected chi connectivity index (χ0v) is 24.3. The van der Waals surface area contributed by atoms with Crippen molar-refractivity contribution >= 4 is 18.0 Å². The standard InChI is InChI=1S/C31H49N3O5/c1-29-14-11-22(39-28(37)33-17-7-19-34-18-6-4-5-8-26(34)35)20-21(29)9-10-24-23(29)12-15-30(2)25(27(36)38-3)13-16-31(24,30)32/h20,22-25H,4-19,32H2,1-3H3,(H,33,37). The van der Waals surface area contributed by atoms with Gasteiger partial charge in [0.05, 0.1) is 13.0 Å². The Bertz CT molecular complexity index is 999. The van der Waals surface area contributed by atoms with Crippen LogP contribution >= 0.6 is 0 Å². The van der Waals surface area contributed by atoms with E-state index in [1.54, 1.807) is 0 Å². The largest absolute Gasteiger partial charge is 0.469 e. The van der Waals surface area contributed by atoms with Gasteiger partial charge in [-0.25, -0.2) is 4.79 Å². The number of nitrogens with zero attached hydrogens (tertiary/aromatic N) is 1. The Morgan fingerprint density at radius 2 is 1.87 bits per heavy atom. The first kappa shape index (κ1) is 28.4. The Balaban J connectivity index is 1.16. The van der Waals surface area contributed by atoms with Crippen LogP contribution in [-0.4, -0.2) is 61.3 Å². The Morgan fingerprint density at radius 1 is 1.05 bits per heavy atom. The van der Waals surface area contributed by atoms with E-state index in [-0.39, 0.29) is 46.4 Å². The topological polar surface area (TPSA) is 111 Å². The van der Waals surface area contributed by atoms with E-state index in [2.05, 4.69) is 25.2 Å². The average molecular weight is 544 g/mol. The molecule has 3 saturated carbocycles. The number of rotatable bonds is 6. The molecule has 0 aromatic heterocycles. The van der Waals surface area contributed by atoms with E-state index in [0.717, 1.165) is 83.6 Å². The molecular formula is C31H49N3O5. The predicted octanol–water partition coefficient (Wildman–Crippen LogP) is 4.71. The summed E-state index contributed by atoms with van der Waals surface area (Å²) >= 11 is 0. The van der Waals surface area contributed by atoms with Crippen LogP contribution in [-0.2, 0) is 19.1 Å². The number of nitrogens with two attached hydrogens (primary N) is 1. The van der Waals surface area contributed by atoms with Crippen LogP contribution in [0, 0.1) is 28.6 Å². The van der Waals surface area contributed by atoms with Crippen molar-refractivity contribution in [3.63, 3.8) is 0 Å². The second-order valence-corrected chi connectivity index (χ2v) is 13.4. The first-order valence-electron chi connectivity index (χ1n) is 15.4. The van der Waals surface area contributed by atoms with Crippen molar-refractivity contribution in [2.24, 2.45) is 34.3 Å². The molecule has 0 aromatic rings. The summed E-state index contributed by atoms with van der Waals surface area (Å²) < 4.78 is 11.0. The van der Waals surface area contributed by atoms with E-state index in [4.69, 9.17) is 15.2 Å². The average Bonchev–Trinajstić information content (AvgIpc) is 3.04. The van der Waals surface area contributed by atoms with Gasteiger partial charge in [0.1, 0.15) is 6.10 Å². The molecule has 4 fully saturated rings. The molecule has 0 radical (unpaired) electrons. The molecule has 3 N–H and O–H groups in total. The SMILES string of the molecule is COC(=O)C1CCC2(N)C3CCC4=CC(OC(=O)NCCCN5CCCCCC5=O)CCC4(C)C3CCC12C. The number of allylic oxidation sites excluding steroid dienone is 1. The fraction of sp³-hybridized carbons (Fsp3) is 0.839. The van der Waals surface area contributed by atoms with Crippen LogP contribution < -0.4 is 11.1 Å². The van der Waals surface area contributed by atoms with E-state index in [1.165, 1.54) is 12.7 Å². The van der Waals surface area contributed by atoms with Crippen molar-refractivity contribution < 1.29 is 23.9 Å². The van der Waals surface area contributed by atoms with Crippen molar-refractivity contribution in [1.29, 1.82) is 0 Å². The highest BCUT2D eigenvalue weighted by Crippen LogP contribution is 2.67. The highest BCUT2D eigenvalue weighted by molar-refractivity contribution is 5.76. The monoisotopic (exact) mass is 543 g/mol. The van der Waals surface area contributed by atoms with Gasteiger partial charge in [0, 0.05) is 31.6 Å². The number of nitrogens with one attached hydrogen (secondary N) is 1. The van der Waals surface area contributed by atoms with E-state index < -0.39 is 0 Å². The molecule has 4 aliphatic carbocycles. The van der Waals surface area contributed by atoms with Gasteiger partial charge >= 0.3 is 12.1 Å². The molecule has 218 valence electrons. The van der Waals surface area contributed by atoms with Crippen LogP contribution in [0.3, 0.4) is 0 Å². The fourth-order valence-corrected chi connectivity index (χ4v) is 9.30. The maximum Gasteiger partial charge on any atom is 0.407 e. The number of ether oxygens (including phenoxy) is 2. The second kappa shape index (κ2) is 11.1. The molecule has 5 rings (SSSR count). The third kappa shape index (κ3) is 5.00. The third-order valence-electron chi connectivity index (χ3n) is 11.7. The van der Waals surface area contributed by atoms with Crippen molar-refractivity contribution in [3.05, 3.63) is 11.6 Å². The van der Waals surface area contributed by atoms with Gasteiger partial charge in [-0.3, -0.25) is 9.59 Å². The zero-order valence-electron chi connectivity index (χ0n) is 24.3. The van der Waals surface area contributed by atoms with E-state index in [9.17, 15) is 14.4 Å². The summed E-state index contributed by atoms with van der Waals surface area (Å²) in [6.07, 6.45) is 13.8. The lowest BCUT2D eigenvalue weighted by Gasteiger charge is -2.62. The number of carbonyl (C=O) groups is 3. The molecule has 1 saturated heterocycles. The van der Waals surface area contributed by atoms with Crippen LogP contribution in [0.1, 0.15) is 97.3 Å². The van der Waals surface area contributed by atoms with Crippen LogP contribution in [0.25, 0.3) is 0 Å². The number of likely N-dealkylation sites (tertiary alicyclic amines) is 1. The Kier molecular flexibility index (Phi) is 8.06. The lowest BCUT2D eigenvalue weighted by molar-refractivity contribution is -0.154. The summed E-state index contributed by atoms with van der Waals surface area (Å²) in [5.74, 6) is 0.914. The number of hydrogen-bond donors (Lipinski definition) is 2. The molecule has 2 amide bonds. The molecule has 39 heavy (non-hydrogen) atoms. The lowest BCUT2D eigenvalue weighted by Crippen LogP contribution is -2.65. The van der Waals surface area contributed by atoms with Crippen molar-refractivity contribution in [2.75, 3.05) is 26.7 Å². The molecule has 8 nitrogen and oxygen atoms in total. The summed E-state index contributed by atoms with van der Waals surface area (Å²) in [6.45, 7) is 6.66. The summed E-state index contributed by atoms with van der Waals surface area (Å²) in [6, 6.07) is 0. The van der Waals surface area contributed by atoms with E-state index in [0.29, 0.717) is 31.3 Å². The molecule has 1 aliphatic heterocycles. The number of methoxy groups -OCH3 is 1. The van der Waals surface area contributed by atoms with Crippen molar-refractivity contribution in [2.45, 2.75) is 109 Å². The minimum Gasteiger partial charge on any atom is -0.469 e. The molecule has 5 aliphatic rings. The van der Waals surface area contributed by atoms with Crippen LogP contribution in [0.4, 0.5) is 4.79 Å². The number of esters is 1. The quantitative estimate of drug-likeness (QED) is 0.285. The maximum absolute atomic E-state index is 12.6. The molecule has 7 unspecified atom stereocenters. The number of carbonyl (C=O) groups excluding carboxylic acids is 3. The van der Waals surface area contributed by atoms with Crippen LogP contribution in [0.5, 0.6) is 0 Å². The lowest BCUT2D eigenvalue weighted by atomic mass is 9.44. The first-order chi connectivity index (χ1) is 18.6. The van der Waals surface area contributed by atoms with Gasteiger partial charge in [-0.05, 0) is 99.4 Å². The molecule has 0 bridgehead atoms. The number of alkyl carbamates (subject to hydrolysis) is 1.